The highest BCUT2D eigenvalue weighted by Crippen LogP contribution is 2.01. The first-order valence-corrected chi connectivity index (χ1v) is 6.84. The molecule has 0 aliphatic carbocycles. The van der Waals surface area contributed by atoms with Crippen LogP contribution in [0.3, 0.4) is 0 Å². The van der Waals surface area contributed by atoms with Gasteiger partial charge in [-0.15, -0.1) is 0 Å². The lowest BCUT2D eigenvalue weighted by Crippen LogP contribution is -2.48. The molecular formula is C13H26N2O3. The molecule has 0 aliphatic heterocycles. The summed E-state index contributed by atoms with van der Waals surface area (Å²) in [5.41, 5.74) is 0. The summed E-state index contributed by atoms with van der Waals surface area (Å²) in [6, 6.07) is -1.05. The van der Waals surface area contributed by atoms with E-state index in [0.717, 1.165) is 25.7 Å². The van der Waals surface area contributed by atoms with Gasteiger partial charge in [-0.05, 0) is 19.3 Å². The molecule has 2 N–H and O–H groups in total. The summed E-state index contributed by atoms with van der Waals surface area (Å²) in [5.74, 6) is -0.975. The van der Waals surface area contributed by atoms with Crippen molar-refractivity contribution in [2.24, 2.45) is 0 Å². The first kappa shape index (κ1) is 16.7. The first-order chi connectivity index (χ1) is 8.56. The van der Waals surface area contributed by atoms with Gasteiger partial charge in [0.2, 0.25) is 0 Å². The predicted octanol–water partition coefficient (Wildman–Crippen LogP) is 2.46. The van der Waals surface area contributed by atoms with Crippen LogP contribution in [0.2, 0.25) is 0 Å². The van der Waals surface area contributed by atoms with Crippen LogP contribution in [0.4, 0.5) is 4.79 Å². The van der Waals surface area contributed by atoms with Crippen molar-refractivity contribution in [2.75, 3.05) is 13.1 Å². The van der Waals surface area contributed by atoms with Gasteiger partial charge in [0.1, 0.15) is 6.04 Å². The molecular weight excluding hydrogens is 232 g/mol. The van der Waals surface area contributed by atoms with E-state index in [2.05, 4.69) is 19.2 Å². The Morgan fingerprint density at radius 2 is 1.61 bits per heavy atom. The minimum atomic E-state index is -0.975. The fourth-order valence-electron chi connectivity index (χ4n) is 1.59. The molecule has 0 saturated heterocycles. The topological polar surface area (TPSA) is 69.6 Å². The lowest BCUT2D eigenvalue weighted by Gasteiger charge is -2.24. The Hall–Kier alpha value is -1.26. The average Bonchev–Trinajstić information content (AvgIpc) is 2.35. The van der Waals surface area contributed by atoms with Gasteiger partial charge in [-0.3, -0.25) is 0 Å². The predicted molar refractivity (Wildman–Crippen MR) is 71.6 cm³/mol. The van der Waals surface area contributed by atoms with Crippen LogP contribution in [-0.4, -0.2) is 41.1 Å². The van der Waals surface area contributed by atoms with Gasteiger partial charge in [-0.25, -0.2) is 9.59 Å². The largest absolute Gasteiger partial charge is 0.480 e. The van der Waals surface area contributed by atoms with E-state index in [9.17, 15) is 9.59 Å². The fraction of sp³-hybridized carbons (Fsp3) is 0.846. The van der Waals surface area contributed by atoms with E-state index in [1.807, 2.05) is 0 Å². The third-order valence-electron chi connectivity index (χ3n) is 2.85. The summed E-state index contributed by atoms with van der Waals surface area (Å²) < 4.78 is 0. The molecule has 0 spiro atoms. The van der Waals surface area contributed by atoms with Crippen molar-refractivity contribution in [3.8, 4) is 0 Å². The van der Waals surface area contributed by atoms with E-state index < -0.39 is 12.0 Å². The summed E-state index contributed by atoms with van der Waals surface area (Å²) >= 11 is 0. The molecule has 1 atom stereocenters. The number of amides is 2. The van der Waals surface area contributed by atoms with Crippen molar-refractivity contribution in [3.63, 3.8) is 0 Å². The quantitative estimate of drug-likeness (QED) is 0.667. The first-order valence-electron chi connectivity index (χ1n) is 6.84. The lowest BCUT2D eigenvalue weighted by atomic mass is 10.2. The number of urea groups is 1. The molecule has 0 rings (SSSR count). The van der Waals surface area contributed by atoms with Gasteiger partial charge in [0.05, 0.1) is 0 Å². The second-order valence-electron chi connectivity index (χ2n) is 4.44. The second kappa shape index (κ2) is 9.74. The minimum absolute atomic E-state index is 0.258. The molecule has 0 unspecified atom stereocenters. The highest BCUT2D eigenvalue weighted by Gasteiger charge is 2.20. The lowest BCUT2D eigenvalue weighted by molar-refractivity contribution is -0.139. The number of carbonyl (C=O) groups is 2. The Kier molecular flexibility index (Phi) is 9.06. The smallest absolute Gasteiger partial charge is 0.326 e. The van der Waals surface area contributed by atoms with Crippen molar-refractivity contribution in [2.45, 2.75) is 58.9 Å². The van der Waals surface area contributed by atoms with Gasteiger partial charge in [0.25, 0.3) is 0 Å². The molecule has 2 amide bonds. The number of aliphatic carboxylic acids is 1. The van der Waals surface area contributed by atoms with Crippen molar-refractivity contribution in [1.82, 2.24) is 10.2 Å². The van der Waals surface area contributed by atoms with Crippen molar-refractivity contribution < 1.29 is 14.7 Å². The zero-order valence-electron chi connectivity index (χ0n) is 11.7. The Balaban J connectivity index is 4.37. The number of carbonyl (C=O) groups excluding carboxylic acids is 1. The van der Waals surface area contributed by atoms with E-state index >= 15 is 0 Å². The standard InChI is InChI=1S/C13H26N2O3/c1-4-7-9-15(10-8-5-2)13(18)14-11(6-3)12(16)17/h11H,4-10H2,1-3H3,(H,14,18)(H,16,17)/t11-/m0/s1. The molecule has 0 bridgehead atoms. The molecule has 18 heavy (non-hydrogen) atoms. The highest BCUT2D eigenvalue weighted by atomic mass is 16.4. The zero-order valence-corrected chi connectivity index (χ0v) is 11.7. The second-order valence-corrected chi connectivity index (χ2v) is 4.44. The number of nitrogens with one attached hydrogen (secondary N) is 1. The Morgan fingerprint density at radius 1 is 1.11 bits per heavy atom. The molecule has 0 fully saturated rings. The number of carboxylic acids is 1. The maximum atomic E-state index is 12.0. The molecule has 0 aliphatic rings. The van der Waals surface area contributed by atoms with E-state index in [4.69, 9.17) is 5.11 Å². The van der Waals surface area contributed by atoms with Gasteiger partial charge < -0.3 is 15.3 Å². The third kappa shape index (κ3) is 6.47. The molecule has 0 saturated carbocycles. The number of carboxylic acid groups (broad SMARTS) is 1. The van der Waals surface area contributed by atoms with Crippen molar-refractivity contribution >= 4 is 12.0 Å². The maximum absolute atomic E-state index is 12.0. The number of nitrogens with zero attached hydrogens (tertiary/aromatic N) is 1. The Morgan fingerprint density at radius 3 is 1.94 bits per heavy atom. The number of hydrogen-bond donors (Lipinski definition) is 2. The van der Waals surface area contributed by atoms with Gasteiger partial charge in [0, 0.05) is 13.1 Å². The van der Waals surface area contributed by atoms with Crippen LogP contribution in [0.5, 0.6) is 0 Å². The minimum Gasteiger partial charge on any atom is -0.480 e. The van der Waals surface area contributed by atoms with Crippen molar-refractivity contribution in [3.05, 3.63) is 0 Å². The SMILES string of the molecule is CCCCN(CCCC)C(=O)N[C@@H](CC)C(=O)O. The Bertz CT molecular complexity index is 249. The van der Waals surface area contributed by atoms with Crippen molar-refractivity contribution in [1.29, 1.82) is 0 Å². The summed E-state index contributed by atoms with van der Waals surface area (Å²) in [7, 11) is 0. The monoisotopic (exact) mass is 258 g/mol. The van der Waals surface area contributed by atoms with Crippen LogP contribution in [-0.2, 0) is 4.79 Å². The number of rotatable bonds is 9. The van der Waals surface area contributed by atoms with Crippen LogP contribution >= 0.6 is 0 Å². The van der Waals surface area contributed by atoms with E-state index in [0.29, 0.717) is 19.5 Å². The fourth-order valence-corrected chi connectivity index (χ4v) is 1.59. The Labute approximate surface area is 110 Å². The van der Waals surface area contributed by atoms with Gasteiger partial charge in [-0.2, -0.15) is 0 Å². The summed E-state index contributed by atoms with van der Waals surface area (Å²) in [5, 5.41) is 11.5. The molecule has 0 radical (unpaired) electrons. The van der Waals surface area contributed by atoms with Gasteiger partial charge in [-0.1, -0.05) is 33.6 Å². The molecule has 5 heteroatoms. The molecule has 106 valence electrons. The van der Waals surface area contributed by atoms with Crippen LogP contribution in [0.25, 0.3) is 0 Å². The molecule has 5 nitrogen and oxygen atoms in total. The summed E-state index contributed by atoms with van der Waals surface area (Å²) in [6.07, 6.45) is 4.33. The van der Waals surface area contributed by atoms with Gasteiger partial charge >= 0.3 is 12.0 Å². The molecule has 0 aromatic heterocycles. The van der Waals surface area contributed by atoms with Crippen LogP contribution < -0.4 is 5.32 Å². The summed E-state index contributed by atoms with van der Waals surface area (Å²) in [4.78, 5) is 24.6. The third-order valence-corrected chi connectivity index (χ3v) is 2.85. The number of unbranched alkanes of at least 4 members (excludes halogenated alkanes) is 2. The van der Waals surface area contributed by atoms with Crippen LogP contribution in [0.1, 0.15) is 52.9 Å². The summed E-state index contributed by atoms with van der Waals surface area (Å²) in [6.45, 7) is 7.28. The molecule has 0 aromatic rings. The van der Waals surface area contributed by atoms with Gasteiger partial charge in [0.15, 0.2) is 0 Å². The number of hydrogen-bond acceptors (Lipinski definition) is 2. The van der Waals surface area contributed by atoms with Crippen LogP contribution in [0.15, 0.2) is 0 Å². The van der Waals surface area contributed by atoms with Crippen LogP contribution in [0, 0.1) is 0 Å². The van der Waals surface area contributed by atoms with E-state index in [1.54, 1.807) is 11.8 Å². The van der Waals surface area contributed by atoms with E-state index in [-0.39, 0.29) is 6.03 Å². The normalized spacial score (nSPS) is 11.9. The molecule has 0 aromatic carbocycles. The zero-order chi connectivity index (χ0) is 14.0. The maximum Gasteiger partial charge on any atom is 0.326 e. The van der Waals surface area contributed by atoms with E-state index in [1.165, 1.54) is 0 Å². The highest BCUT2D eigenvalue weighted by molar-refractivity contribution is 5.82. The average molecular weight is 258 g/mol. The molecule has 0 heterocycles.